The number of rotatable bonds is 41. The Kier molecular flexibility index (Phi) is 31.6. The molecule has 5 N–H and O–H groups in total. The molecule has 2 aliphatic heterocycles. The number of carbonyl (C=O) groups is 11. The van der Waals surface area contributed by atoms with E-state index >= 15 is 0 Å². The largest absolute Gasteiger partial charge is 0.481 e. The molecule has 1 aromatic carbocycles. The zero-order valence-electron chi connectivity index (χ0n) is 54.1. The second-order valence-corrected chi connectivity index (χ2v) is 27.1. The number of unbranched alkanes of at least 4 members (excludes halogenated alkanes) is 3. The molecule has 2 aromatic rings. The number of likely N-dealkylation sites (tertiary alicyclic amines) is 2. The van der Waals surface area contributed by atoms with Crippen LogP contribution in [0.1, 0.15) is 211 Å². The molecule has 3 heterocycles. The van der Waals surface area contributed by atoms with Gasteiger partial charge in [-0.15, -0.1) is 11.3 Å². The van der Waals surface area contributed by atoms with Gasteiger partial charge in [-0.25, -0.2) is 4.98 Å². The van der Waals surface area contributed by atoms with E-state index in [-0.39, 0.29) is 134 Å². The third-order valence-corrected chi connectivity index (χ3v) is 19.4. The SMILES string of the molecule is CCCN(C(=O)[C@@H](CC(=O)[C@H]1CCCCN1C)[C@@H](C)CC)[C@H](C[C@@H](OC(C)=O)c1nc(C(=O)N[C@@H](Cc2ccc(CC(=O)C(CCCCC(N)=O)NC(=O)[C@@H](CC(=O)CCCCCN3C(=O)CC(SC)C3=O)C(C)C)cc2)C[C@H](C)C(=O)O)cs1)C(C)C. The number of Topliss-reactive ketones (excluding diaryl/α,β-unsaturated/α-hetero) is 3. The minimum absolute atomic E-state index is 0.0224. The fourth-order valence-electron chi connectivity index (χ4n) is 11.9. The first-order valence-corrected chi connectivity index (χ1v) is 34.1. The molecule has 0 aliphatic carbocycles. The van der Waals surface area contributed by atoms with Crippen molar-refractivity contribution in [3.05, 3.63) is 51.5 Å². The number of imide groups is 1. The van der Waals surface area contributed by atoms with Crippen molar-refractivity contribution in [2.75, 3.05) is 32.9 Å². The molecule has 88 heavy (non-hydrogen) atoms. The fraction of sp³-hybridized carbons (Fsp3) is 0.697. The van der Waals surface area contributed by atoms with Crippen LogP contribution in [0.2, 0.25) is 0 Å². The molecule has 20 nitrogen and oxygen atoms in total. The fourth-order valence-corrected chi connectivity index (χ4v) is 13.4. The Bertz CT molecular complexity index is 2680. The smallest absolute Gasteiger partial charge is 0.306 e. The van der Waals surface area contributed by atoms with E-state index < -0.39 is 71.6 Å². The number of carbonyl (C=O) groups excluding carboxylic acids is 10. The Labute approximate surface area is 530 Å². The van der Waals surface area contributed by atoms with Crippen LogP contribution in [0.25, 0.3) is 0 Å². The average molecular weight is 1260 g/mol. The molecular formula is C66H101N7O13S2. The predicted molar refractivity (Wildman–Crippen MR) is 341 cm³/mol. The number of aliphatic carboxylic acids is 1. The number of hydrogen-bond donors (Lipinski definition) is 4. The summed E-state index contributed by atoms with van der Waals surface area (Å²) in [6.45, 7) is 18.2. The van der Waals surface area contributed by atoms with E-state index in [0.29, 0.717) is 68.6 Å². The van der Waals surface area contributed by atoms with Crippen LogP contribution in [0, 0.1) is 35.5 Å². The Morgan fingerprint density at radius 1 is 0.864 bits per heavy atom. The highest BCUT2D eigenvalue weighted by Crippen LogP contribution is 2.34. The molecule has 2 unspecified atom stereocenters. The van der Waals surface area contributed by atoms with Gasteiger partial charge < -0.3 is 31.1 Å². The summed E-state index contributed by atoms with van der Waals surface area (Å²) in [4.78, 5) is 155. The van der Waals surface area contributed by atoms with Crippen molar-refractivity contribution in [3.63, 3.8) is 0 Å². The first-order chi connectivity index (χ1) is 41.7. The zero-order valence-corrected chi connectivity index (χ0v) is 55.7. The van der Waals surface area contributed by atoms with Crippen molar-refractivity contribution < 1.29 is 62.6 Å². The topological polar surface area (TPSA) is 290 Å². The second-order valence-electron chi connectivity index (χ2n) is 25.2. The van der Waals surface area contributed by atoms with Gasteiger partial charge in [-0.3, -0.25) is 62.5 Å². The van der Waals surface area contributed by atoms with Gasteiger partial charge in [0.1, 0.15) is 16.5 Å². The number of ether oxygens (including phenoxy) is 1. The molecule has 0 spiro atoms. The molecular weight excluding hydrogens is 1160 g/mol. The van der Waals surface area contributed by atoms with E-state index in [1.54, 1.807) is 42.8 Å². The van der Waals surface area contributed by atoms with Crippen LogP contribution in [-0.4, -0.2) is 152 Å². The van der Waals surface area contributed by atoms with Gasteiger partial charge in [0.25, 0.3) is 5.91 Å². The maximum absolute atomic E-state index is 14.9. The van der Waals surface area contributed by atoms with E-state index in [1.807, 2.05) is 60.4 Å². The number of thioether (sulfide) groups is 1. The molecule has 4 rings (SSSR count). The quantitative estimate of drug-likeness (QED) is 0.0274. The molecule has 490 valence electrons. The Morgan fingerprint density at radius 3 is 2.14 bits per heavy atom. The Morgan fingerprint density at radius 2 is 1.55 bits per heavy atom. The summed E-state index contributed by atoms with van der Waals surface area (Å²) in [5.74, 6) is -6.32. The van der Waals surface area contributed by atoms with Crippen LogP contribution in [0.5, 0.6) is 0 Å². The summed E-state index contributed by atoms with van der Waals surface area (Å²) < 4.78 is 5.94. The molecule has 6 amide bonds. The number of piperidine rings is 1. The summed E-state index contributed by atoms with van der Waals surface area (Å²) in [5, 5.41) is 17.5. The van der Waals surface area contributed by atoms with Crippen molar-refractivity contribution in [1.82, 2.24) is 30.3 Å². The number of nitrogens with one attached hydrogen (secondary N) is 2. The third kappa shape index (κ3) is 23.5. The number of primary amides is 1. The van der Waals surface area contributed by atoms with Crippen molar-refractivity contribution in [1.29, 1.82) is 0 Å². The van der Waals surface area contributed by atoms with Crippen LogP contribution >= 0.6 is 23.1 Å². The molecule has 2 fully saturated rings. The number of thiazole rings is 1. The Hall–Kier alpha value is -5.87. The number of esters is 1. The molecule has 0 saturated carbocycles. The van der Waals surface area contributed by atoms with E-state index in [0.717, 1.165) is 42.7 Å². The lowest BCUT2D eigenvalue weighted by Gasteiger charge is -2.39. The highest BCUT2D eigenvalue weighted by atomic mass is 32.2. The summed E-state index contributed by atoms with van der Waals surface area (Å²) in [6, 6.07) is 4.86. The highest BCUT2D eigenvalue weighted by Gasteiger charge is 2.40. The lowest BCUT2D eigenvalue weighted by molar-refractivity contribution is -0.150. The minimum Gasteiger partial charge on any atom is -0.481 e. The van der Waals surface area contributed by atoms with Crippen LogP contribution < -0.4 is 16.4 Å². The molecule has 2 aliphatic rings. The monoisotopic (exact) mass is 1260 g/mol. The second kappa shape index (κ2) is 37.3. The summed E-state index contributed by atoms with van der Waals surface area (Å²) in [6.07, 6.45) is 8.91. The lowest BCUT2D eigenvalue weighted by Crippen LogP contribution is -2.50. The number of nitrogens with two attached hydrogens (primary N) is 1. The van der Waals surface area contributed by atoms with Gasteiger partial charge in [-0.1, -0.05) is 105 Å². The van der Waals surface area contributed by atoms with Crippen LogP contribution in [0.15, 0.2) is 29.6 Å². The maximum atomic E-state index is 14.9. The number of benzene rings is 1. The lowest BCUT2D eigenvalue weighted by atomic mass is 9.82. The average Bonchev–Trinajstić information content (AvgIpc) is 4.31. The minimum atomic E-state index is -1.05. The van der Waals surface area contributed by atoms with Crippen molar-refractivity contribution in [2.45, 2.75) is 226 Å². The van der Waals surface area contributed by atoms with E-state index in [1.165, 1.54) is 23.6 Å². The van der Waals surface area contributed by atoms with Gasteiger partial charge in [0, 0.05) is 94.3 Å². The number of amides is 6. The molecule has 22 heteroatoms. The van der Waals surface area contributed by atoms with Gasteiger partial charge >= 0.3 is 11.9 Å². The molecule has 1 aromatic heterocycles. The number of ketones is 3. The van der Waals surface area contributed by atoms with Crippen molar-refractivity contribution in [2.24, 2.45) is 41.2 Å². The van der Waals surface area contributed by atoms with Crippen molar-refractivity contribution in [3.8, 4) is 0 Å². The number of aromatic nitrogens is 1. The number of carboxylic acid groups (broad SMARTS) is 1. The first-order valence-electron chi connectivity index (χ1n) is 32.0. The van der Waals surface area contributed by atoms with E-state index in [4.69, 9.17) is 15.5 Å². The molecule has 2 saturated heterocycles. The zero-order chi connectivity index (χ0) is 65.4. The van der Waals surface area contributed by atoms with Crippen molar-refractivity contribution >= 4 is 87.8 Å². The van der Waals surface area contributed by atoms with Gasteiger partial charge in [0.15, 0.2) is 17.7 Å². The Balaban J connectivity index is 1.46. The third-order valence-electron chi connectivity index (χ3n) is 17.5. The molecule has 0 radical (unpaired) electrons. The van der Waals surface area contributed by atoms with Gasteiger partial charge in [-0.05, 0) is 107 Å². The van der Waals surface area contributed by atoms with Gasteiger partial charge in [-0.2, -0.15) is 11.8 Å². The number of hydrogen-bond acceptors (Lipinski definition) is 16. The summed E-state index contributed by atoms with van der Waals surface area (Å²) in [5.41, 5.74) is 6.80. The summed E-state index contributed by atoms with van der Waals surface area (Å²) in [7, 11) is 1.97. The standard InChI is InChI=1S/C66H101N7O13S2/c1-12-29-72(64(82)50(42(7)13-2)36-56(77)53-23-18-20-30-71(53)10)54(41(5)6)37-57(86-44(9)74)63-70-52(39-88-63)62(81)68-47(32-43(8)66(84)85)33-45-25-27-46(28-26-45)34-55(76)51(22-16-17-24-59(67)78)69-61(80)49(40(3)4)35-48(75)21-15-14-19-31-73-60(79)38-58(87-11)65(73)83/h25-28,39-43,47,49-51,53-54,57-58H,12-24,29-38H2,1-11H3,(H2,67,78)(H,68,81)(H,69,80)(H,84,85)/t42-,43-,47+,49-,50-,51?,53+,54+,57+,58?/m0/s1. The van der Waals surface area contributed by atoms with Gasteiger partial charge in [0.2, 0.25) is 29.5 Å². The van der Waals surface area contributed by atoms with Crippen LogP contribution in [-0.2, 0) is 65.5 Å². The highest BCUT2D eigenvalue weighted by molar-refractivity contribution is 8.00. The number of likely N-dealkylation sites (N-methyl/N-ethyl adjacent to an activating group) is 1. The van der Waals surface area contributed by atoms with E-state index in [2.05, 4.69) is 15.5 Å². The maximum Gasteiger partial charge on any atom is 0.306 e. The van der Waals surface area contributed by atoms with Crippen LogP contribution in [0.3, 0.4) is 0 Å². The van der Waals surface area contributed by atoms with Gasteiger partial charge in [0.05, 0.1) is 23.3 Å². The first kappa shape index (κ1) is 74.6. The van der Waals surface area contributed by atoms with Crippen LogP contribution in [0.4, 0.5) is 0 Å². The predicted octanol–water partition coefficient (Wildman–Crippen LogP) is 8.88. The van der Waals surface area contributed by atoms with E-state index in [9.17, 15) is 57.8 Å². The number of carboxylic acids is 1. The number of nitrogens with zero attached hydrogens (tertiary/aromatic N) is 4. The summed E-state index contributed by atoms with van der Waals surface area (Å²) >= 11 is 2.50. The normalized spacial score (nSPS) is 18.2. The molecule has 0 bridgehead atoms. The molecule has 10 atom stereocenters.